The van der Waals surface area contributed by atoms with Gasteiger partial charge in [-0.25, -0.2) is 4.98 Å². The maximum Gasteiger partial charge on any atom is 0.305 e. The summed E-state index contributed by atoms with van der Waals surface area (Å²) in [5.74, 6) is -0.176. The van der Waals surface area contributed by atoms with Gasteiger partial charge < -0.3 is 10.1 Å². The van der Waals surface area contributed by atoms with Crippen molar-refractivity contribution in [3.63, 3.8) is 0 Å². The Kier molecular flexibility index (Phi) is 5.30. The quantitative estimate of drug-likeness (QED) is 0.823. The Balaban J connectivity index is 1.90. The average molecular weight is 283 g/mol. The molecule has 0 aliphatic carbocycles. The maximum atomic E-state index is 11.1. The number of ether oxygens (including phenoxy) is 1. The van der Waals surface area contributed by atoms with Crippen LogP contribution in [-0.2, 0) is 16.0 Å². The second-order valence-electron chi connectivity index (χ2n) is 4.72. The Labute approximate surface area is 118 Å². The standard InChI is InChI=1S/C13H21N3O2S/c1-10(16-7-5-14-6-8-16)13-15-11(9-19-13)3-4-12(17)18-2/h9-10,14H,3-8H2,1-2H3. The molecule has 1 aliphatic rings. The minimum Gasteiger partial charge on any atom is -0.469 e. The first-order valence-corrected chi connectivity index (χ1v) is 7.54. The molecule has 1 aromatic rings. The van der Waals surface area contributed by atoms with E-state index in [1.165, 1.54) is 7.11 Å². The molecule has 6 heteroatoms. The molecule has 2 heterocycles. The van der Waals surface area contributed by atoms with Crippen LogP contribution in [0.5, 0.6) is 0 Å². The van der Waals surface area contributed by atoms with Crippen molar-refractivity contribution in [2.45, 2.75) is 25.8 Å². The molecule has 1 aromatic heterocycles. The van der Waals surface area contributed by atoms with Gasteiger partial charge in [0.25, 0.3) is 0 Å². The third kappa shape index (κ3) is 3.99. The van der Waals surface area contributed by atoms with E-state index in [9.17, 15) is 4.79 Å². The van der Waals surface area contributed by atoms with Gasteiger partial charge in [0.1, 0.15) is 5.01 Å². The monoisotopic (exact) mass is 283 g/mol. The second kappa shape index (κ2) is 6.98. The maximum absolute atomic E-state index is 11.1. The molecule has 2 rings (SSSR count). The summed E-state index contributed by atoms with van der Waals surface area (Å²) < 4.78 is 4.64. The first-order chi connectivity index (χ1) is 9.20. The van der Waals surface area contributed by atoms with Crippen molar-refractivity contribution in [3.8, 4) is 0 Å². The van der Waals surface area contributed by atoms with E-state index in [0.717, 1.165) is 36.9 Å². The van der Waals surface area contributed by atoms with E-state index in [2.05, 4.69) is 32.2 Å². The first kappa shape index (κ1) is 14.4. The van der Waals surface area contributed by atoms with Crippen molar-refractivity contribution in [3.05, 3.63) is 16.1 Å². The van der Waals surface area contributed by atoms with Crippen LogP contribution < -0.4 is 5.32 Å². The van der Waals surface area contributed by atoms with E-state index in [0.29, 0.717) is 18.9 Å². The topological polar surface area (TPSA) is 54.5 Å². The van der Waals surface area contributed by atoms with E-state index in [4.69, 9.17) is 0 Å². The van der Waals surface area contributed by atoms with Crippen LogP contribution in [-0.4, -0.2) is 49.1 Å². The van der Waals surface area contributed by atoms with Gasteiger partial charge in [0.2, 0.25) is 0 Å². The zero-order valence-electron chi connectivity index (χ0n) is 11.5. The van der Waals surface area contributed by atoms with Gasteiger partial charge in [0, 0.05) is 38.0 Å². The van der Waals surface area contributed by atoms with Crippen molar-refractivity contribution >= 4 is 17.3 Å². The summed E-state index contributed by atoms with van der Waals surface area (Å²) >= 11 is 1.69. The average Bonchev–Trinajstić information content (AvgIpc) is 2.93. The fraction of sp³-hybridized carbons (Fsp3) is 0.692. The molecule has 1 unspecified atom stereocenters. The van der Waals surface area contributed by atoms with Gasteiger partial charge in [-0.3, -0.25) is 9.69 Å². The Morgan fingerprint density at radius 3 is 3.00 bits per heavy atom. The lowest BCUT2D eigenvalue weighted by molar-refractivity contribution is -0.140. The van der Waals surface area contributed by atoms with Gasteiger partial charge >= 0.3 is 5.97 Å². The fourth-order valence-electron chi connectivity index (χ4n) is 2.19. The van der Waals surface area contributed by atoms with Crippen LogP contribution >= 0.6 is 11.3 Å². The summed E-state index contributed by atoms with van der Waals surface area (Å²) in [5, 5.41) is 6.55. The van der Waals surface area contributed by atoms with Crippen LogP contribution in [0.2, 0.25) is 0 Å². The lowest BCUT2D eigenvalue weighted by Gasteiger charge is -2.31. The molecule has 1 saturated heterocycles. The molecule has 1 fully saturated rings. The van der Waals surface area contributed by atoms with E-state index < -0.39 is 0 Å². The SMILES string of the molecule is COC(=O)CCc1csc(C(C)N2CCNCC2)n1. The highest BCUT2D eigenvalue weighted by molar-refractivity contribution is 7.09. The van der Waals surface area contributed by atoms with Gasteiger partial charge in [-0.15, -0.1) is 11.3 Å². The predicted molar refractivity (Wildman–Crippen MR) is 75.3 cm³/mol. The largest absolute Gasteiger partial charge is 0.469 e. The highest BCUT2D eigenvalue weighted by atomic mass is 32.1. The van der Waals surface area contributed by atoms with Crippen molar-refractivity contribution in [1.82, 2.24) is 15.2 Å². The van der Waals surface area contributed by atoms with E-state index in [1.807, 2.05) is 0 Å². The molecular weight excluding hydrogens is 262 g/mol. The highest BCUT2D eigenvalue weighted by Gasteiger charge is 2.20. The van der Waals surface area contributed by atoms with E-state index in [-0.39, 0.29) is 5.97 Å². The lowest BCUT2D eigenvalue weighted by atomic mass is 10.2. The summed E-state index contributed by atoms with van der Waals surface area (Å²) in [6, 6.07) is 0.360. The molecule has 1 atom stereocenters. The molecule has 0 bridgehead atoms. The van der Waals surface area contributed by atoms with Crippen molar-refractivity contribution in [2.24, 2.45) is 0 Å². The minimum atomic E-state index is -0.176. The van der Waals surface area contributed by atoms with Gasteiger partial charge in [-0.2, -0.15) is 0 Å². The van der Waals surface area contributed by atoms with Crippen LogP contribution in [0.15, 0.2) is 5.38 Å². The number of methoxy groups -OCH3 is 1. The Bertz CT molecular complexity index is 416. The summed E-state index contributed by atoms with van der Waals surface area (Å²) in [6.45, 7) is 6.43. The number of carbonyl (C=O) groups is 1. The third-order valence-corrected chi connectivity index (χ3v) is 4.50. The summed E-state index contributed by atoms with van der Waals surface area (Å²) in [5.41, 5.74) is 0.993. The smallest absolute Gasteiger partial charge is 0.305 e. The van der Waals surface area contributed by atoms with Crippen LogP contribution in [0.25, 0.3) is 0 Å². The van der Waals surface area contributed by atoms with E-state index >= 15 is 0 Å². The molecule has 19 heavy (non-hydrogen) atoms. The first-order valence-electron chi connectivity index (χ1n) is 6.66. The predicted octanol–water partition coefficient (Wildman–Crippen LogP) is 1.21. The number of esters is 1. The fourth-order valence-corrected chi connectivity index (χ4v) is 3.13. The van der Waals surface area contributed by atoms with Crippen LogP contribution in [0, 0.1) is 0 Å². The Hall–Kier alpha value is -0.980. The zero-order valence-corrected chi connectivity index (χ0v) is 12.3. The summed E-state index contributed by atoms with van der Waals surface area (Å²) in [6.07, 6.45) is 1.07. The molecule has 0 amide bonds. The number of hydrogen-bond donors (Lipinski definition) is 1. The van der Waals surface area contributed by atoms with Gasteiger partial charge in [-0.1, -0.05) is 0 Å². The van der Waals surface area contributed by atoms with Crippen LogP contribution in [0.4, 0.5) is 0 Å². The molecular formula is C13H21N3O2S. The number of rotatable bonds is 5. The van der Waals surface area contributed by atoms with Gasteiger partial charge in [0.05, 0.1) is 25.3 Å². The summed E-state index contributed by atoms with van der Waals surface area (Å²) in [4.78, 5) is 18.2. The molecule has 1 N–H and O–H groups in total. The Morgan fingerprint density at radius 2 is 2.32 bits per heavy atom. The molecule has 0 radical (unpaired) electrons. The zero-order chi connectivity index (χ0) is 13.7. The molecule has 0 saturated carbocycles. The highest BCUT2D eigenvalue weighted by Crippen LogP contribution is 2.24. The minimum absolute atomic E-state index is 0.176. The third-order valence-electron chi connectivity index (χ3n) is 3.44. The van der Waals surface area contributed by atoms with E-state index in [1.54, 1.807) is 11.3 Å². The Morgan fingerprint density at radius 1 is 1.58 bits per heavy atom. The van der Waals surface area contributed by atoms with Gasteiger partial charge in [-0.05, 0) is 6.92 Å². The lowest BCUT2D eigenvalue weighted by Crippen LogP contribution is -2.44. The summed E-state index contributed by atoms with van der Waals surface area (Å²) in [7, 11) is 1.42. The normalized spacial score (nSPS) is 18.2. The molecule has 5 nitrogen and oxygen atoms in total. The van der Waals surface area contributed by atoms with Crippen molar-refractivity contribution < 1.29 is 9.53 Å². The van der Waals surface area contributed by atoms with Crippen LogP contribution in [0.1, 0.15) is 30.1 Å². The number of aryl methyl sites for hydroxylation is 1. The number of nitrogens with one attached hydrogen (secondary N) is 1. The van der Waals surface area contributed by atoms with Crippen LogP contribution in [0.3, 0.4) is 0 Å². The second-order valence-corrected chi connectivity index (χ2v) is 5.60. The van der Waals surface area contributed by atoms with Crippen molar-refractivity contribution in [1.29, 1.82) is 0 Å². The number of aromatic nitrogens is 1. The number of nitrogens with zero attached hydrogens (tertiary/aromatic N) is 2. The molecule has 0 spiro atoms. The molecule has 106 valence electrons. The molecule has 1 aliphatic heterocycles. The number of hydrogen-bond acceptors (Lipinski definition) is 6. The van der Waals surface area contributed by atoms with Crippen molar-refractivity contribution in [2.75, 3.05) is 33.3 Å². The number of thiazole rings is 1. The van der Waals surface area contributed by atoms with Gasteiger partial charge in [0.15, 0.2) is 0 Å². The molecule has 0 aromatic carbocycles. The number of piperazine rings is 1. The number of carbonyl (C=O) groups excluding carboxylic acids is 1.